The summed E-state index contributed by atoms with van der Waals surface area (Å²) in [7, 11) is 0. The van der Waals surface area contributed by atoms with E-state index in [1.165, 1.54) is 18.5 Å². The Bertz CT molecular complexity index is 387. The van der Waals surface area contributed by atoms with Gasteiger partial charge in [0.1, 0.15) is 5.82 Å². The van der Waals surface area contributed by atoms with Crippen LogP contribution in [0.3, 0.4) is 0 Å². The molecule has 2 rings (SSSR count). The summed E-state index contributed by atoms with van der Waals surface area (Å²) in [5, 5.41) is 1.64. The van der Waals surface area contributed by atoms with Crippen LogP contribution in [0.5, 0.6) is 0 Å². The smallest absolute Gasteiger partial charge is 0.132 e. The fourth-order valence-electron chi connectivity index (χ4n) is 1.12. The molecule has 0 aliphatic carbocycles. The molecule has 0 N–H and O–H groups in total. The number of nitrogens with zero attached hydrogens (tertiary/aromatic N) is 1. The molecule has 0 aliphatic heterocycles. The third-order valence-electron chi connectivity index (χ3n) is 1.70. The molecule has 0 atom stereocenters. The van der Waals surface area contributed by atoms with Crippen LogP contribution in [0.25, 0.3) is 10.8 Å². The molecule has 0 saturated carbocycles. The van der Waals surface area contributed by atoms with E-state index in [0.29, 0.717) is 15.8 Å². The summed E-state index contributed by atoms with van der Waals surface area (Å²) in [5.74, 6) is -0.289. The summed E-state index contributed by atoms with van der Waals surface area (Å²) in [5.41, 5.74) is 0. The first-order chi connectivity index (χ1) is 5.79. The zero-order chi connectivity index (χ0) is 8.55. The Morgan fingerprint density at radius 3 is 2.75 bits per heavy atom. The van der Waals surface area contributed by atoms with Crippen LogP contribution in [-0.4, -0.2) is 4.98 Å². The van der Waals surface area contributed by atoms with Gasteiger partial charge < -0.3 is 0 Å². The van der Waals surface area contributed by atoms with Gasteiger partial charge in [0.2, 0.25) is 0 Å². The van der Waals surface area contributed by atoms with Crippen LogP contribution in [0.4, 0.5) is 4.39 Å². The van der Waals surface area contributed by atoms with Gasteiger partial charge in [0.05, 0.1) is 5.02 Å². The SMILES string of the molecule is Fc1cccc2c(Cl)cncc12. The molecule has 0 unspecified atom stereocenters. The highest BCUT2D eigenvalue weighted by atomic mass is 35.5. The number of pyridine rings is 1. The molecule has 60 valence electrons. The number of aromatic nitrogens is 1. The molecule has 3 heteroatoms. The van der Waals surface area contributed by atoms with Crippen molar-refractivity contribution in [1.82, 2.24) is 4.98 Å². The van der Waals surface area contributed by atoms with Crippen molar-refractivity contribution in [3.05, 3.63) is 41.4 Å². The molecule has 0 saturated heterocycles. The van der Waals surface area contributed by atoms with E-state index in [0.717, 1.165) is 0 Å². The van der Waals surface area contributed by atoms with Gasteiger partial charge in [-0.2, -0.15) is 0 Å². The van der Waals surface area contributed by atoms with E-state index >= 15 is 0 Å². The first kappa shape index (κ1) is 7.50. The van der Waals surface area contributed by atoms with Crippen LogP contribution in [-0.2, 0) is 0 Å². The average molecular weight is 182 g/mol. The first-order valence-electron chi connectivity index (χ1n) is 3.47. The van der Waals surface area contributed by atoms with Gasteiger partial charge in [0.15, 0.2) is 0 Å². The number of hydrogen-bond acceptors (Lipinski definition) is 1. The zero-order valence-corrected chi connectivity index (χ0v) is 6.85. The minimum Gasteiger partial charge on any atom is -0.262 e. The second-order valence-electron chi connectivity index (χ2n) is 2.46. The lowest BCUT2D eigenvalue weighted by Gasteiger charge is -1.98. The van der Waals surface area contributed by atoms with Crippen molar-refractivity contribution in [1.29, 1.82) is 0 Å². The highest BCUT2D eigenvalue weighted by molar-refractivity contribution is 6.35. The van der Waals surface area contributed by atoms with E-state index in [1.807, 2.05) is 0 Å². The molecule has 0 fully saturated rings. The minimum atomic E-state index is -0.289. The van der Waals surface area contributed by atoms with Crippen molar-refractivity contribution in [3.63, 3.8) is 0 Å². The Morgan fingerprint density at radius 1 is 1.17 bits per heavy atom. The van der Waals surface area contributed by atoms with Gasteiger partial charge in [-0.3, -0.25) is 4.98 Å². The Kier molecular flexibility index (Phi) is 1.70. The molecule has 1 aromatic heterocycles. The van der Waals surface area contributed by atoms with E-state index in [9.17, 15) is 4.39 Å². The molecule has 0 radical (unpaired) electrons. The average Bonchev–Trinajstić information content (AvgIpc) is 2.07. The third kappa shape index (κ3) is 1.04. The molecule has 1 aromatic carbocycles. The number of halogens is 2. The highest BCUT2D eigenvalue weighted by Crippen LogP contribution is 2.23. The summed E-state index contributed by atoms with van der Waals surface area (Å²) in [6, 6.07) is 4.78. The molecular weight excluding hydrogens is 177 g/mol. The molecule has 0 aliphatic rings. The largest absolute Gasteiger partial charge is 0.262 e. The lowest BCUT2D eigenvalue weighted by atomic mass is 10.2. The summed E-state index contributed by atoms with van der Waals surface area (Å²) in [6.07, 6.45) is 2.97. The van der Waals surface area contributed by atoms with Gasteiger partial charge in [-0.25, -0.2) is 4.39 Å². The van der Waals surface area contributed by atoms with E-state index in [1.54, 1.807) is 12.1 Å². The monoisotopic (exact) mass is 181 g/mol. The lowest BCUT2D eigenvalue weighted by molar-refractivity contribution is 0.639. The fourth-order valence-corrected chi connectivity index (χ4v) is 1.34. The van der Waals surface area contributed by atoms with Gasteiger partial charge in [-0.1, -0.05) is 23.7 Å². The van der Waals surface area contributed by atoms with Gasteiger partial charge in [0.25, 0.3) is 0 Å². The standard InChI is InChI=1S/C9H5ClFN/c10-8-5-12-4-7-6(8)2-1-3-9(7)11/h1-5H. The maximum atomic E-state index is 13.1. The first-order valence-corrected chi connectivity index (χ1v) is 3.84. The molecule has 2 aromatic rings. The molecule has 1 heterocycles. The van der Waals surface area contributed by atoms with Crippen molar-refractivity contribution in [3.8, 4) is 0 Å². The second kappa shape index (κ2) is 2.72. The number of fused-ring (bicyclic) bond motifs is 1. The number of rotatable bonds is 0. The molecular formula is C9H5ClFN. The van der Waals surface area contributed by atoms with Crippen LogP contribution in [0, 0.1) is 5.82 Å². The zero-order valence-electron chi connectivity index (χ0n) is 6.09. The van der Waals surface area contributed by atoms with Crippen molar-refractivity contribution in [2.45, 2.75) is 0 Å². The second-order valence-corrected chi connectivity index (χ2v) is 2.86. The molecule has 12 heavy (non-hydrogen) atoms. The Balaban J connectivity index is 2.94. The van der Waals surface area contributed by atoms with Crippen molar-refractivity contribution in [2.24, 2.45) is 0 Å². The maximum absolute atomic E-state index is 13.1. The lowest BCUT2D eigenvalue weighted by Crippen LogP contribution is -1.81. The minimum absolute atomic E-state index is 0.289. The van der Waals surface area contributed by atoms with Gasteiger partial charge in [-0.05, 0) is 6.07 Å². The molecule has 0 bridgehead atoms. The van der Waals surface area contributed by atoms with Gasteiger partial charge in [-0.15, -0.1) is 0 Å². The summed E-state index contributed by atoms with van der Waals surface area (Å²) in [4.78, 5) is 3.80. The van der Waals surface area contributed by atoms with Crippen LogP contribution in [0.2, 0.25) is 5.02 Å². The topological polar surface area (TPSA) is 12.9 Å². The summed E-state index contributed by atoms with van der Waals surface area (Å²) in [6.45, 7) is 0. The van der Waals surface area contributed by atoms with Crippen LogP contribution < -0.4 is 0 Å². The molecule has 0 amide bonds. The number of benzene rings is 1. The Morgan fingerprint density at radius 2 is 2.00 bits per heavy atom. The van der Waals surface area contributed by atoms with Crippen molar-refractivity contribution >= 4 is 22.4 Å². The van der Waals surface area contributed by atoms with E-state index < -0.39 is 0 Å². The normalized spacial score (nSPS) is 10.5. The van der Waals surface area contributed by atoms with Crippen LogP contribution in [0.1, 0.15) is 0 Å². The fraction of sp³-hybridized carbons (Fsp3) is 0. The quantitative estimate of drug-likeness (QED) is 0.609. The van der Waals surface area contributed by atoms with Gasteiger partial charge >= 0.3 is 0 Å². The van der Waals surface area contributed by atoms with E-state index in [4.69, 9.17) is 11.6 Å². The third-order valence-corrected chi connectivity index (χ3v) is 2.00. The van der Waals surface area contributed by atoms with Crippen LogP contribution in [0.15, 0.2) is 30.6 Å². The Labute approximate surface area is 73.8 Å². The predicted molar refractivity (Wildman–Crippen MR) is 46.7 cm³/mol. The predicted octanol–water partition coefficient (Wildman–Crippen LogP) is 3.03. The highest BCUT2D eigenvalue weighted by Gasteiger charge is 2.02. The van der Waals surface area contributed by atoms with Crippen molar-refractivity contribution in [2.75, 3.05) is 0 Å². The maximum Gasteiger partial charge on any atom is 0.132 e. The molecule has 1 nitrogen and oxygen atoms in total. The van der Waals surface area contributed by atoms with Crippen molar-refractivity contribution < 1.29 is 4.39 Å². The number of hydrogen-bond donors (Lipinski definition) is 0. The Hall–Kier alpha value is -1.15. The molecule has 0 spiro atoms. The van der Waals surface area contributed by atoms with E-state index in [2.05, 4.69) is 4.98 Å². The summed E-state index contributed by atoms with van der Waals surface area (Å²) >= 11 is 5.80. The van der Waals surface area contributed by atoms with Gasteiger partial charge in [0, 0.05) is 23.2 Å². The summed E-state index contributed by atoms with van der Waals surface area (Å²) < 4.78 is 13.1. The van der Waals surface area contributed by atoms with Crippen LogP contribution >= 0.6 is 11.6 Å². The van der Waals surface area contributed by atoms with E-state index in [-0.39, 0.29) is 5.82 Å².